The predicted molar refractivity (Wildman–Crippen MR) is 79.4 cm³/mol. The van der Waals surface area contributed by atoms with E-state index in [0.717, 1.165) is 12.8 Å². The van der Waals surface area contributed by atoms with Gasteiger partial charge in [-0.2, -0.15) is 0 Å². The number of fused-ring (bicyclic) bond motifs is 1. The van der Waals surface area contributed by atoms with E-state index in [0.29, 0.717) is 6.54 Å². The second kappa shape index (κ2) is 5.10. The summed E-state index contributed by atoms with van der Waals surface area (Å²) >= 11 is 0. The number of sulfonamides is 1. The Balaban J connectivity index is 1.96. The maximum Gasteiger partial charge on any atom is 0.216 e. The highest BCUT2D eigenvalue weighted by molar-refractivity contribution is 7.90. The number of benzene rings is 1. The van der Waals surface area contributed by atoms with Gasteiger partial charge in [0.05, 0.1) is 4.75 Å². The monoisotopic (exact) mass is 279 g/mol. The van der Waals surface area contributed by atoms with Gasteiger partial charge in [-0.25, -0.2) is 13.1 Å². The van der Waals surface area contributed by atoms with Crippen molar-refractivity contribution in [1.29, 1.82) is 0 Å². The smallest absolute Gasteiger partial charge is 0.214 e. The van der Waals surface area contributed by atoms with E-state index in [-0.39, 0.29) is 0 Å². The van der Waals surface area contributed by atoms with Crippen LogP contribution in [0, 0.1) is 0 Å². The zero-order chi connectivity index (χ0) is 14.1. The molecule has 0 atom stereocenters. The van der Waals surface area contributed by atoms with Crippen LogP contribution in [0.25, 0.3) is 5.57 Å². The Bertz CT molecular complexity index is 595. The molecule has 0 bridgehead atoms. The van der Waals surface area contributed by atoms with Crippen LogP contribution in [0.4, 0.5) is 0 Å². The highest BCUT2D eigenvalue weighted by Gasteiger charge is 2.28. The van der Waals surface area contributed by atoms with Gasteiger partial charge >= 0.3 is 0 Å². The molecule has 0 aliphatic heterocycles. The third kappa shape index (κ3) is 3.07. The molecule has 0 heterocycles. The van der Waals surface area contributed by atoms with Crippen molar-refractivity contribution in [3.8, 4) is 0 Å². The second-order valence-electron chi connectivity index (χ2n) is 5.85. The SMILES string of the molecule is CC(C)(C)S(=O)(=O)NCCC1=CCc2ccccc21. The Labute approximate surface area is 115 Å². The van der Waals surface area contributed by atoms with Crippen molar-refractivity contribution in [3.63, 3.8) is 0 Å². The first kappa shape index (κ1) is 14.3. The van der Waals surface area contributed by atoms with Gasteiger partial charge in [0.1, 0.15) is 0 Å². The minimum absolute atomic E-state index is 0.458. The average Bonchev–Trinajstić information content (AvgIpc) is 2.71. The molecule has 0 fully saturated rings. The van der Waals surface area contributed by atoms with Crippen molar-refractivity contribution in [2.45, 2.75) is 38.4 Å². The van der Waals surface area contributed by atoms with Crippen molar-refractivity contribution < 1.29 is 8.42 Å². The fraction of sp³-hybridized carbons (Fsp3) is 0.467. The van der Waals surface area contributed by atoms with Crippen molar-refractivity contribution in [2.24, 2.45) is 0 Å². The lowest BCUT2D eigenvalue weighted by Crippen LogP contribution is -2.39. The highest BCUT2D eigenvalue weighted by atomic mass is 32.2. The van der Waals surface area contributed by atoms with E-state index in [9.17, 15) is 8.42 Å². The van der Waals surface area contributed by atoms with Gasteiger partial charge in [-0.05, 0) is 50.3 Å². The summed E-state index contributed by atoms with van der Waals surface area (Å²) in [6.45, 7) is 5.58. The molecule has 0 unspecified atom stereocenters. The molecular weight excluding hydrogens is 258 g/mol. The molecule has 1 aliphatic carbocycles. The van der Waals surface area contributed by atoms with Crippen LogP contribution in [-0.2, 0) is 16.4 Å². The molecule has 0 spiro atoms. The molecule has 1 aromatic carbocycles. The molecule has 2 rings (SSSR count). The van der Waals surface area contributed by atoms with E-state index in [1.165, 1.54) is 16.7 Å². The van der Waals surface area contributed by atoms with Gasteiger partial charge in [-0.3, -0.25) is 0 Å². The fourth-order valence-electron chi connectivity index (χ4n) is 2.13. The average molecular weight is 279 g/mol. The third-order valence-electron chi connectivity index (χ3n) is 3.42. The van der Waals surface area contributed by atoms with Crippen molar-refractivity contribution in [2.75, 3.05) is 6.54 Å². The Morgan fingerprint density at radius 1 is 1.21 bits per heavy atom. The van der Waals surface area contributed by atoms with Gasteiger partial charge in [0.25, 0.3) is 0 Å². The summed E-state index contributed by atoms with van der Waals surface area (Å²) in [5, 5.41) is 0. The van der Waals surface area contributed by atoms with Gasteiger partial charge in [0.2, 0.25) is 10.0 Å². The molecule has 1 N–H and O–H groups in total. The lowest BCUT2D eigenvalue weighted by molar-refractivity contribution is 0.546. The molecule has 0 radical (unpaired) electrons. The number of nitrogens with one attached hydrogen (secondary N) is 1. The molecule has 0 saturated carbocycles. The minimum Gasteiger partial charge on any atom is -0.214 e. The van der Waals surface area contributed by atoms with E-state index < -0.39 is 14.8 Å². The molecule has 104 valence electrons. The van der Waals surface area contributed by atoms with E-state index >= 15 is 0 Å². The van der Waals surface area contributed by atoms with Crippen LogP contribution in [0.5, 0.6) is 0 Å². The summed E-state index contributed by atoms with van der Waals surface area (Å²) in [6.07, 6.45) is 3.89. The number of allylic oxidation sites excluding steroid dienone is 1. The quantitative estimate of drug-likeness (QED) is 0.921. The lowest BCUT2D eigenvalue weighted by atomic mass is 10.0. The largest absolute Gasteiger partial charge is 0.216 e. The summed E-state index contributed by atoms with van der Waals surface area (Å²) in [4.78, 5) is 0. The van der Waals surface area contributed by atoms with E-state index in [1.807, 2.05) is 12.1 Å². The summed E-state index contributed by atoms with van der Waals surface area (Å²) < 4.78 is 25.8. The van der Waals surface area contributed by atoms with Crippen molar-refractivity contribution in [3.05, 3.63) is 41.5 Å². The maximum absolute atomic E-state index is 11.9. The molecule has 1 aromatic rings. The normalized spacial score (nSPS) is 15.2. The molecule has 0 amide bonds. The first-order valence-electron chi connectivity index (χ1n) is 6.58. The first-order chi connectivity index (χ1) is 8.81. The maximum atomic E-state index is 11.9. The van der Waals surface area contributed by atoms with Gasteiger partial charge in [-0.1, -0.05) is 30.3 Å². The van der Waals surface area contributed by atoms with Gasteiger partial charge in [0.15, 0.2) is 0 Å². The van der Waals surface area contributed by atoms with Gasteiger partial charge in [0, 0.05) is 6.54 Å². The van der Waals surface area contributed by atoms with Crippen LogP contribution < -0.4 is 4.72 Å². The summed E-state index contributed by atoms with van der Waals surface area (Å²) in [5.41, 5.74) is 3.83. The zero-order valence-electron chi connectivity index (χ0n) is 11.7. The Hall–Kier alpha value is -1.13. The number of hydrogen-bond donors (Lipinski definition) is 1. The molecule has 1 aliphatic rings. The van der Waals surface area contributed by atoms with E-state index in [4.69, 9.17) is 0 Å². The number of rotatable bonds is 4. The molecule has 3 nitrogen and oxygen atoms in total. The molecule has 4 heteroatoms. The Morgan fingerprint density at radius 2 is 1.89 bits per heavy atom. The first-order valence-corrected chi connectivity index (χ1v) is 8.06. The van der Waals surface area contributed by atoms with Crippen LogP contribution >= 0.6 is 0 Å². The van der Waals surface area contributed by atoms with Crippen molar-refractivity contribution in [1.82, 2.24) is 4.72 Å². The molecule has 19 heavy (non-hydrogen) atoms. The second-order valence-corrected chi connectivity index (χ2v) is 8.37. The standard InChI is InChI=1S/C15H21NO2S/c1-15(2,3)19(17,18)16-11-10-13-9-8-12-6-4-5-7-14(12)13/h4-7,9,16H,8,10-11H2,1-3H3. The molecule has 0 aromatic heterocycles. The fourth-order valence-corrected chi connectivity index (χ4v) is 2.93. The summed E-state index contributed by atoms with van der Waals surface area (Å²) in [7, 11) is -3.24. The highest BCUT2D eigenvalue weighted by Crippen LogP contribution is 2.29. The van der Waals surface area contributed by atoms with E-state index in [2.05, 4.69) is 22.9 Å². The van der Waals surface area contributed by atoms with Crippen molar-refractivity contribution >= 4 is 15.6 Å². The predicted octanol–water partition coefficient (Wildman–Crippen LogP) is 2.73. The van der Waals surface area contributed by atoms with Crippen LogP contribution in [-0.4, -0.2) is 19.7 Å². The lowest BCUT2D eigenvalue weighted by Gasteiger charge is -2.19. The zero-order valence-corrected chi connectivity index (χ0v) is 12.5. The van der Waals surface area contributed by atoms with Crippen LogP contribution in [0.15, 0.2) is 30.3 Å². The minimum atomic E-state index is -3.24. The van der Waals surface area contributed by atoms with Gasteiger partial charge in [-0.15, -0.1) is 0 Å². The van der Waals surface area contributed by atoms with Crippen LogP contribution in [0.3, 0.4) is 0 Å². The van der Waals surface area contributed by atoms with Crippen LogP contribution in [0.1, 0.15) is 38.3 Å². The van der Waals surface area contributed by atoms with Crippen LogP contribution in [0.2, 0.25) is 0 Å². The van der Waals surface area contributed by atoms with E-state index in [1.54, 1.807) is 20.8 Å². The summed E-state index contributed by atoms with van der Waals surface area (Å²) in [5.74, 6) is 0. The summed E-state index contributed by atoms with van der Waals surface area (Å²) in [6, 6.07) is 8.29. The topological polar surface area (TPSA) is 46.2 Å². The molecule has 0 saturated heterocycles. The Kier molecular flexibility index (Phi) is 3.83. The number of hydrogen-bond acceptors (Lipinski definition) is 2. The molecular formula is C15H21NO2S. The third-order valence-corrected chi connectivity index (χ3v) is 5.62. The Morgan fingerprint density at radius 3 is 2.58 bits per heavy atom. The van der Waals surface area contributed by atoms with Gasteiger partial charge < -0.3 is 0 Å².